The Labute approximate surface area is 228 Å². The molecule has 39 heavy (non-hydrogen) atoms. The van der Waals surface area contributed by atoms with Crippen LogP contribution in [-0.2, 0) is 15.0 Å². The molecule has 1 aliphatic rings. The second-order valence-electron chi connectivity index (χ2n) is 10.2. The van der Waals surface area contributed by atoms with Gasteiger partial charge in [0.1, 0.15) is 0 Å². The van der Waals surface area contributed by atoms with Crippen LogP contribution >= 0.6 is 0 Å². The number of Topliss-reactive ketones (excluding diaryl/α,β-unsaturated/α-hetero) is 1. The van der Waals surface area contributed by atoms with E-state index in [0.717, 1.165) is 43.6 Å². The zero-order valence-corrected chi connectivity index (χ0v) is 21.9. The molecule has 0 amide bonds. The third kappa shape index (κ3) is 6.27. The SMILES string of the molecule is O=C(CCCN1CCC(C(CO)(c2ccccc2)c2ccccc2)CC1)c1ccc(C(C(=O)O)C(=O)O)cc1. The fourth-order valence-electron chi connectivity index (χ4n) is 5.93. The Morgan fingerprint density at radius 2 is 1.31 bits per heavy atom. The Bertz CT molecular complexity index is 1200. The number of aliphatic hydroxyl groups excluding tert-OH is 1. The van der Waals surface area contributed by atoms with Gasteiger partial charge in [-0.2, -0.15) is 0 Å². The average molecular weight is 530 g/mol. The van der Waals surface area contributed by atoms with Crippen molar-refractivity contribution in [2.24, 2.45) is 5.92 Å². The minimum absolute atomic E-state index is 0.0403. The third-order valence-corrected chi connectivity index (χ3v) is 8.05. The summed E-state index contributed by atoms with van der Waals surface area (Å²) < 4.78 is 0. The van der Waals surface area contributed by atoms with Crippen LogP contribution in [0.5, 0.6) is 0 Å². The van der Waals surface area contributed by atoms with Gasteiger partial charge in [0.15, 0.2) is 11.7 Å². The Balaban J connectivity index is 1.34. The average Bonchev–Trinajstić information content (AvgIpc) is 2.96. The lowest BCUT2D eigenvalue weighted by Gasteiger charge is -2.45. The van der Waals surface area contributed by atoms with Crippen molar-refractivity contribution in [3.63, 3.8) is 0 Å². The van der Waals surface area contributed by atoms with Gasteiger partial charge in [0.25, 0.3) is 0 Å². The summed E-state index contributed by atoms with van der Waals surface area (Å²) in [6.45, 7) is 2.61. The van der Waals surface area contributed by atoms with Gasteiger partial charge in [-0.15, -0.1) is 0 Å². The number of hydrogen-bond donors (Lipinski definition) is 3. The molecule has 0 spiro atoms. The first-order chi connectivity index (χ1) is 18.9. The number of likely N-dealkylation sites (tertiary alicyclic amines) is 1. The molecule has 0 aliphatic carbocycles. The van der Waals surface area contributed by atoms with Gasteiger partial charge >= 0.3 is 11.9 Å². The molecule has 1 heterocycles. The number of aliphatic hydroxyl groups is 1. The highest BCUT2D eigenvalue weighted by atomic mass is 16.4. The summed E-state index contributed by atoms with van der Waals surface area (Å²) in [5, 5.41) is 29.1. The van der Waals surface area contributed by atoms with Crippen LogP contribution in [0.4, 0.5) is 0 Å². The highest BCUT2D eigenvalue weighted by Crippen LogP contribution is 2.43. The molecule has 3 aromatic carbocycles. The quantitative estimate of drug-likeness (QED) is 0.232. The van der Waals surface area contributed by atoms with E-state index >= 15 is 0 Å². The molecule has 7 nitrogen and oxygen atoms in total. The van der Waals surface area contributed by atoms with Gasteiger partial charge < -0.3 is 20.2 Å². The number of carboxylic acids is 2. The number of piperidine rings is 1. The Hall–Kier alpha value is -3.81. The summed E-state index contributed by atoms with van der Waals surface area (Å²) in [6, 6.07) is 26.3. The molecular formula is C32H35NO6. The van der Waals surface area contributed by atoms with Gasteiger partial charge in [0, 0.05) is 17.4 Å². The molecule has 4 rings (SSSR count). The van der Waals surface area contributed by atoms with E-state index in [1.54, 1.807) is 0 Å². The maximum Gasteiger partial charge on any atom is 0.322 e. The standard InChI is InChI=1S/C32H35NO6/c34-22-32(25-8-3-1-4-9-25,26-10-5-2-6-11-26)27-17-20-33(21-18-27)19-7-12-28(35)23-13-15-24(16-14-23)29(30(36)37)31(38)39/h1-6,8-11,13-16,27,29,34H,7,12,17-22H2,(H,36,37)(H,38,39). The van der Waals surface area contributed by atoms with E-state index in [1.807, 2.05) is 36.4 Å². The van der Waals surface area contributed by atoms with Crippen molar-refractivity contribution in [1.82, 2.24) is 4.90 Å². The summed E-state index contributed by atoms with van der Waals surface area (Å²) >= 11 is 0. The minimum atomic E-state index is -1.65. The normalized spacial score (nSPS) is 14.8. The van der Waals surface area contributed by atoms with Gasteiger partial charge in [-0.05, 0) is 61.5 Å². The van der Waals surface area contributed by atoms with Crippen LogP contribution in [0, 0.1) is 5.92 Å². The molecule has 0 aromatic heterocycles. The van der Waals surface area contributed by atoms with E-state index < -0.39 is 23.3 Å². The Morgan fingerprint density at radius 1 is 0.795 bits per heavy atom. The molecular weight excluding hydrogens is 494 g/mol. The molecule has 3 aromatic rings. The van der Waals surface area contributed by atoms with Gasteiger partial charge in [-0.3, -0.25) is 14.4 Å². The predicted octanol–water partition coefficient (Wildman–Crippen LogP) is 4.59. The van der Waals surface area contributed by atoms with E-state index in [4.69, 9.17) is 10.2 Å². The van der Waals surface area contributed by atoms with Crippen molar-refractivity contribution in [2.75, 3.05) is 26.2 Å². The number of ketones is 1. The third-order valence-electron chi connectivity index (χ3n) is 8.05. The van der Waals surface area contributed by atoms with Crippen LogP contribution in [0.1, 0.15) is 58.6 Å². The predicted molar refractivity (Wildman–Crippen MR) is 148 cm³/mol. The van der Waals surface area contributed by atoms with E-state index in [2.05, 4.69) is 29.2 Å². The van der Waals surface area contributed by atoms with Crippen molar-refractivity contribution < 1.29 is 29.7 Å². The molecule has 0 saturated carbocycles. The topological polar surface area (TPSA) is 115 Å². The van der Waals surface area contributed by atoms with E-state index in [9.17, 15) is 19.5 Å². The van der Waals surface area contributed by atoms with Gasteiger partial charge in [-0.1, -0.05) is 84.9 Å². The summed E-state index contributed by atoms with van der Waals surface area (Å²) in [5.74, 6) is -4.29. The number of rotatable bonds is 12. The maximum absolute atomic E-state index is 12.7. The van der Waals surface area contributed by atoms with Crippen molar-refractivity contribution in [3.05, 3.63) is 107 Å². The van der Waals surface area contributed by atoms with Crippen LogP contribution in [0.25, 0.3) is 0 Å². The minimum Gasteiger partial charge on any atom is -0.480 e. The van der Waals surface area contributed by atoms with Gasteiger partial charge in [0.05, 0.1) is 6.61 Å². The van der Waals surface area contributed by atoms with Crippen LogP contribution in [0.3, 0.4) is 0 Å². The number of benzene rings is 3. The van der Waals surface area contributed by atoms with Crippen LogP contribution in [-0.4, -0.2) is 64.2 Å². The van der Waals surface area contributed by atoms with E-state index in [0.29, 0.717) is 18.4 Å². The first-order valence-electron chi connectivity index (χ1n) is 13.4. The highest BCUT2D eigenvalue weighted by molar-refractivity contribution is 6.00. The number of hydrogen-bond acceptors (Lipinski definition) is 5. The Morgan fingerprint density at radius 3 is 1.77 bits per heavy atom. The largest absolute Gasteiger partial charge is 0.480 e. The molecule has 204 valence electrons. The van der Waals surface area contributed by atoms with Crippen LogP contribution in [0.15, 0.2) is 84.9 Å². The first kappa shape index (κ1) is 28.2. The molecule has 0 bridgehead atoms. The zero-order chi connectivity index (χ0) is 27.8. The summed E-state index contributed by atoms with van der Waals surface area (Å²) in [5.41, 5.74) is 2.39. The number of nitrogens with zero attached hydrogens (tertiary/aromatic N) is 1. The Kier molecular flexibility index (Phi) is 9.28. The zero-order valence-electron chi connectivity index (χ0n) is 21.9. The lowest BCUT2D eigenvalue weighted by Crippen LogP contribution is -2.46. The fraction of sp³-hybridized carbons (Fsp3) is 0.344. The number of aliphatic carboxylic acids is 2. The second-order valence-corrected chi connectivity index (χ2v) is 10.2. The number of carbonyl (C=O) groups excluding carboxylic acids is 1. The summed E-state index contributed by atoms with van der Waals surface area (Å²) in [6.07, 6.45) is 2.93. The molecule has 3 N–H and O–H groups in total. The maximum atomic E-state index is 12.7. The fourth-order valence-corrected chi connectivity index (χ4v) is 5.93. The van der Waals surface area contributed by atoms with Crippen molar-refractivity contribution in [3.8, 4) is 0 Å². The van der Waals surface area contributed by atoms with Crippen molar-refractivity contribution in [1.29, 1.82) is 0 Å². The summed E-state index contributed by atoms with van der Waals surface area (Å²) in [7, 11) is 0. The van der Waals surface area contributed by atoms with Gasteiger partial charge in [0.2, 0.25) is 0 Å². The highest BCUT2D eigenvalue weighted by Gasteiger charge is 2.42. The van der Waals surface area contributed by atoms with Crippen LogP contribution < -0.4 is 0 Å². The number of carboxylic acid groups (broad SMARTS) is 2. The lowest BCUT2D eigenvalue weighted by molar-refractivity contribution is -0.150. The molecule has 1 saturated heterocycles. The number of carbonyl (C=O) groups is 3. The molecule has 7 heteroatoms. The molecule has 1 fully saturated rings. The van der Waals surface area contributed by atoms with Crippen LogP contribution in [0.2, 0.25) is 0 Å². The molecule has 1 aliphatic heterocycles. The van der Waals surface area contributed by atoms with E-state index in [-0.39, 0.29) is 23.9 Å². The van der Waals surface area contributed by atoms with E-state index in [1.165, 1.54) is 24.3 Å². The monoisotopic (exact) mass is 529 g/mol. The molecule has 0 radical (unpaired) electrons. The van der Waals surface area contributed by atoms with Crippen molar-refractivity contribution >= 4 is 17.7 Å². The first-order valence-corrected chi connectivity index (χ1v) is 13.4. The van der Waals surface area contributed by atoms with Crippen molar-refractivity contribution in [2.45, 2.75) is 37.0 Å². The smallest absolute Gasteiger partial charge is 0.322 e. The summed E-state index contributed by atoms with van der Waals surface area (Å²) in [4.78, 5) is 37.5. The second kappa shape index (κ2) is 12.8. The van der Waals surface area contributed by atoms with Gasteiger partial charge in [-0.25, -0.2) is 0 Å². The lowest BCUT2D eigenvalue weighted by atomic mass is 9.63. The molecule has 0 atom stereocenters. The molecule has 0 unspecified atom stereocenters.